The van der Waals surface area contributed by atoms with Crippen molar-refractivity contribution in [1.29, 1.82) is 0 Å². The maximum absolute atomic E-state index is 12.0. The zero-order valence-corrected chi connectivity index (χ0v) is 12.8. The summed E-state index contributed by atoms with van der Waals surface area (Å²) in [6.07, 6.45) is 3.35. The van der Waals surface area contributed by atoms with Crippen molar-refractivity contribution < 1.29 is 23.5 Å². The molecule has 1 amide bonds. The Morgan fingerprint density at radius 3 is 2.67 bits per heavy atom. The molecule has 0 spiro atoms. The Morgan fingerprint density at radius 1 is 1.43 bits per heavy atom. The highest BCUT2D eigenvalue weighted by molar-refractivity contribution is 7.98. The molecule has 1 atom stereocenters. The average Bonchev–Trinajstić information content (AvgIpc) is 2.50. The molecule has 1 aromatic heterocycles. The molecule has 0 aromatic carbocycles. The number of carbonyl (C=O) groups excluding carboxylic acids is 2. The lowest BCUT2D eigenvalue weighted by Gasteiger charge is -2.15. The van der Waals surface area contributed by atoms with Gasteiger partial charge in [-0.05, 0) is 18.4 Å². The lowest BCUT2D eigenvalue weighted by Crippen LogP contribution is -2.42. The maximum Gasteiger partial charge on any atom is 0.328 e. The second-order valence-corrected chi connectivity index (χ2v) is 4.99. The van der Waals surface area contributed by atoms with E-state index in [9.17, 15) is 14.4 Å². The third kappa shape index (κ3) is 4.82. The molecule has 0 aliphatic carbocycles. The van der Waals surface area contributed by atoms with Crippen LogP contribution in [0.1, 0.15) is 17.0 Å². The number of rotatable bonds is 7. The van der Waals surface area contributed by atoms with Crippen LogP contribution in [-0.4, -0.2) is 44.1 Å². The fourth-order valence-electron chi connectivity index (χ4n) is 1.52. The summed E-state index contributed by atoms with van der Waals surface area (Å²) in [6, 6.07) is 0.222. The molecule has 0 fully saturated rings. The van der Waals surface area contributed by atoms with Crippen molar-refractivity contribution in [3.8, 4) is 5.75 Å². The summed E-state index contributed by atoms with van der Waals surface area (Å²) in [5.41, 5.74) is -0.479. The molecular formula is C13H17NO6S. The zero-order valence-electron chi connectivity index (χ0n) is 12.0. The summed E-state index contributed by atoms with van der Waals surface area (Å²) in [4.78, 5) is 35.1. The number of amides is 1. The zero-order chi connectivity index (χ0) is 15.8. The summed E-state index contributed by atoms with van der Waals surface area (Å²) in [5.74, 6) is -0.733. The first-order chi connectivity index (χ1) is 10.0. The van der Waals surface area contributed by atoms with Crippen LogP contribution in [0.25, 0.3) is 0 Å². The van der Waals surface area contributed by atoms with Crippen molar-refractivity contribution in [3.05, 3.63) is 28.3 Å². The molecule has 1 heterocycles. The van der Waals surface area contributed by atoms with E-state index in [1.54, 1.807) is 0 Å². The van der Waals surface area contributed by atoms with Gasteiger partial charge in [0.1, 0.15) is 12.3 Å². The van der Waals surface area contributed by atoms with E-state index in [0.29, 0.717) is 12.2 Å². The Balaban J connectivity index is 2.83. The SMILES string of the molecule is COC(=O)C(CCSC)NC(=O)c1cc(=O)c(OC)co1. The van der Waals surface area contributed by atoms with Crippen molar-refractivity contribution >= 4 is 23.6 Å². The number of hydrogen-bond acceptors (Lipinski definition) is 7. The Labute approximate surface area is 126 Å². The topological polar surface area (TPSA) is 94.8 Å². The molecule has 0 aliphatic rings. The van der Waals surface area contributed by atoms with Gasteiger partial charge in [-0.15, -0.1) is 0 Å². The van der Waals surface area contributed by atoms with Crippen LogP contribution in [0.4, 0.5) is 0 Å². The summed E-state index contributed by atoms with van der Waals surface area (Å²) in [5, 5.41) is 2.48. The van der Waals surface area contributed by atoms with Gasteiger partial charge in [-0.3, -0.25) is 9.59 Å². The molecule has 8 heteroatoms. The Hall–Kier alpha value is -1.96. The second-order valence-electron chi connectivity index (χ2n) is 4.01. The molecule has 1 rings (SSSR count). The molecule has 0 aliphatic heterocycles. The van der Waals surface area contributed by atoms with Crippen molar-refractivity contribution in [2.75, 3.05) is 26.2 Å². The van der Waals surface area contributed by atoms with Crippen LogP contribution >= 0.6 is 11.8 Å². The van der Waals surface area contributed by atoms with E-state index >= 15 is 0 Å². The van der Waals surface area contributed by atoms with E-state index in [1.165, 1.54) is 26.0 Å². The Morgan fingerprint density at radius 2 is 2.14 bits per heavy atom. The molecular weight excluding hydrogens is 298 g/mol. The quantitative estimate of drug-likeness (QED) is 0.739. The first-order valence-electron chi connectivity index (χ1n) is 6.08. The largest absolute Gasteiger partial charge is 0.490 e. The molecule has 0 saturated carbocycles. The van der Waals surface area contributed by atoms with Crippen molar-refractivity contribution in [2.24, 2.45) is 0 Å². The van der Waals surface area contributed by atoms with Gasteiger partial charge in [0.25, 0.3) is 5.91 Å². The summed E-state index contributed by atoms with van der Waals surface area (Å²) < 4.78 is 14.4. The van der Waals surface area contributed by atoms with Gasteiger partial charge >= 0.3 is 5.97 Å². The smallest absolute Gasteiger partial charge is 0.328 e. The summed E-state index contributed by atoms with van der Waals surface area (Å²) in [7, 11) is 2.57. The van der Waals surface area contributed by atoms with E-state index in [4.69, 9.17) is 9.15 Å². The van der Waals surface area contributed by atoms with Gasteiger partial charge in [-0.2, -0.15) is 11.8 Å². The normalized spacial score (nSPS) is 11.6. The molecule has 1 unspecified atom stereocenters. The lowest BCUT2D eigenvalue weighted by atomic mass is 10.2. The van der Waals surface area contributed by atoms with Gasteiger partial charge in [0.2, 0.25) is 11.2 Å². The summed E-state index contributed by atoms with van der Waals surface area (Å²) >= 11 is 1.54. The van der Waals surface area contributed by atoms with E-state index in [1.807, 2.05) is 6.26 Å². The summed E-state index contributed by atoms with van der Waals surface area (Å²) in [6.45, 7) is 0. The molecule has 1 N–H and O–H groups in total. The van der Waals surface area contributed by atoms with Crippen LogP contribution in [0.5, 0.6) is 5.75 Å². The Bertz CT molecular complexity index is 556. The molecule has 21 heavy (non-hydrogen) atoms. The Kier molecular flexibility index (Phi) is 6.80. The number of nitrogens with one attached hydrogen (secondary N) is 1. The predicted molar refractivity (Wildman–Crippen MR) is 77.8 cm³/mol. The van der Waals surface area contributed by atoms with Crippen LogP contribution in [-0.2, 0) is 9.53 Å². The highest BCUT2D eigenvalue weighted by Crippen LogP contribution is 2.07. The highest BCUT2D eigenvalue weighted by atomic mass is 32.2. The van der Waals surface area contributed by atoms with Gasteiger partial charge in [0.15, 0.2) is 5.76 Å². The van der Waals surface area contributed by atoms with E-state index in [2.05, 4.69) is 10.1 Å². The van der Waals surface area contributed by atoms with Gasteiger partial charge in [-0.1, -0.05) is 0 Å². The van der Waals surface area contributed by atoms with Crippen LogP contribution < -0.4 is 15.5 Å². The van der Waals surface area contributed by atoms with E-state index < -0.39 is 23.3 Å². The molecule has 0 saturated heterocycles. The standard InChI is InChI=1S/C13H17NO6S/c1-18-11-7-20-10(6-9(11)15)12(16)14-8(4-5-21-3)13(17)19-2/h6-8H,4-5H2,1-3H3,(H,14,16). The van der Waals surface area contributed by atoms with Crippen LogP contribution in [0.3, 0.4) is 0 Å². The van der Waals surface area contributed by atoms with Crippen LogP contribution in [0, 0.1) is 0 Å². The van der Waals surface area contributed by atoms with Gasteiger partial charge in [0, 0.05) is 6.07 Å². The number of esters is 1. The minimum atomic E-state index is -0.789. The number of methoxy groups -OCH3 is 2. The van der Waals surface area contributed by atoms with Gasteiger partial charge < -0.3 is 19.2 Å². The van der Waals surface area contributed by atoms with Crippen LogP contribution in [0.15, 0.2) is 21.5 Å². The maximum atomic E-state index is 12.0. The predicted octanol–water partition coefficient (Wildman–Crippen LogP) is 0.673. The van der Waals surface area contributed by atoms with Gasteiger partial charge in [0.05, 0.1) is 14.2 Å². The number of thioether (sulfide) groups is 1. The molecule has 0 radical (unpaired) electrons. The average molecular weight is 315 g/mol. The first kappa shape index (κ1) is 17.1. The first-order valence-corrected chi connectivity index (χ1v) is 7.47. The van der Waals surface area contributed by atoms with Crippen molar-refractivity contribution in [3.63, 3.8) is 0 Å². The number of hydrogen-bond donors (Lipinski definition) is 1. The fraction of sp³-hybridized carbons (Fsp3) is 0.462. The van der Waals surface area contributed by atoms with Gasteiger partial charge in [-0.25, -0.2) is 4.79 Å². The lowest BCUT2D eigenvalue weighted by molar-refractivity contribution is -0.142. The second kappa shape index (κ2) is 8.35. The van der Waals surface area contributed by atoms with E-state index in [0.717, 1.165) is 12.3 Å². The fourth-order valence-corrected chi connectivity index (χ4v) is 1.99. The molecule has 116 valence electrons. The minimum absolute atomic E-state index is 0.00143. The number of carbonyl (C=O) groups is 2. The number of ether oxygens (including phenoxy) is 2. The van der Waals surface area contributed by atoms with Crippen molar-refractivity contribution in [1.82, 2.24) is 5.32 Å². The molecule has 0 bridgehead atoms. The molecule has 7 nitrogen and oxygen atoms in total. The van der Waals surface area contributed by atoms with E-state index in [-0.39, 0.29) is 11.5 Å². The third-order valence-electron chi connectivity index (χ3n) is 2.64. The minimum Gasteiger partial charge on any atom is -0.490 e. The van der Waals surface area contributed by atoms with Crippen LogP contribution in [0.2, 0.25) is 0 Å². The third-order valence-corrected chi connectivity index (χ3v) is 3.29. The highest BCUT2D eigenvalue weighted by Gasteiger charge is 2.23. The van der Waals surface area contributed by atoms with Crippen molar-refractivity contribution in [2.45, 2.75) is 12.5 Å². The molecule has 1 aromatic rings. The monoisotopic (exact) mass is 315 g/mol.